The number of methoxy groups -OCH3 is 2. The average molecular weight is 336 g/mol. The highest BCUT2D eigenvalue weighted by molar-refractivity contribution is 6.01. The molecule has 2 aromatic carbocycles. The first kappa shape index (κ1) is 16.8. The van der Waals surface area contributed by atoms with Crippen LogP contribution in [0.2, 0.25) is 0 Å². The van der Waals surface area contributed by atoms with Crippen molar-refractivity contribution in [1.82, 2.24) is 4.98 Å². The number of carbonyl (C=O) groups is 1. The summed E-state index contributed by atoms with van der Waals surface area (Å²) in [6, 6.07) is 13.6. The smallest absolute Gasteiger partial charge is 0.356 e. The van der Waals surface area contributed by atoms with Crippen molar-refractivity contribution in [2.45, 2.75) is 13.8 Å². The van der Waals surface area contributed by atoms with Gasteiger partial charge in [0.1, 0.15) is 11.3 Å². The molecule has 1 N–H and O–H groups in total. The monoisotopic (exact) mass is 336 g/mol. The van der Waals surface area contributed by atoms with Crippen molar-refractivity contribution >= 4 is 28.2 Å². The summed E-state index contributed by atoms with van der Waals surface area (Å²) >= 11 is 0. The molecule has 1 heterocycles. The highest BCUT2D eigenvalue weighted by atomic mass is 16.5. The number of anilines is 2. The number of hydrogen-bond acceptors (Lipinski definition) is 5. The van der Waals surface area contributed by atoms with Crippen molar-refractivity contribution in [3.63, 3.8) is 0 Å². The molecule has 0 aliphatic rings. The lowest BCUT2D eigenvalue weighted by molar-refractivity contribution is 0.0594. The van der Waals surface area contributed by atoms with Gasteiger partial charge < -0.3 is 14.8 Å². The highest BCUT2D eigenvalue weighted by Crippen LogP contribution is 2.33. The van der Waals surface area contributed by atoms with Crippen molar-refractivity contribution < 1.29 is 14.3 Å². The van der Waals surface area contributed by atoms with Gasteiger partial charge in [-0.3, -0.25) is 0 Å². The number of para-hydroxylation sites is 1. The van der Waals surface area contributed by atoms with E-state index < -0.39 is 5.97 Å². The van der Waals surface area contributed by atoms with Crippen LogP contribution in [0.4, 0.5) is 11.4 Å². The molecule has 0 saturated heterocycles. The van der Waals surface area contributed by atoms with Crippen LogP contribution >= 0.6 is 0 Å². The highest BCUT2D eigenvalue weighted by Gasteiger charge is 2.15. The van der Waals surface area contributed by atoms with Crippen LogP contribution < -0.4 is 10.1 Å². The van der Waals surface area contributed by atoms with Gasteiger partial charge in [-0.25, -0.2) is 9.78 Å². The van der Waals surface area contributed by atoms with E-state index in [0.29, 0.717) is 11.3 Å². The lowest BCUT2D eigenvalue weighted by Gasteiger charge is -2.15. The third kappa shape index (κ3) is 3.26. The van der Waals surface area contributed by atoms with Crippen LogP contribution in [0.5, 0.6) is 5.75 Å². The maximum Gasteiger partial charge on any atom is 0.356 e. The number of benzene rings is 2. The largest absolute Gasteiger partial charge is 0.494 e. The molecule has 0 spiro atoms. The van der Waals surface area contributed by atoms with Gasteiger partial charge in [0.05, 0.1) is 19.9 Å². The molecule has 0 aliphatic carbocycles. The molecule has 0 bridgehead atoms. The van der Waals surface area contributed by atoms with Crippen LogP contribution in [-0.4, -0.2) is 25.2 Å². The number of aryl methyl sites for hydroxylation is 2. The van der Waals surface area contributed by atoms with Gasteiger partial charge in [-0.05, 0) is 43.2 Å². The third-order valence-electron chi connectivity index (χ3n) is 4.08. The van der Waals surface area contributed by atoms with E-state index in [1.54, 1.807) is 13.2 Å². The molecule has 25 heavy (non-hydrogen) atoms. The molecule has 0 aliphatic heterocycles. The molecule has 128 valence electrons. The Labute approximate surface area is 146 Å². The van der Waals surface area contributed by atoms with Crippen molar-refractivity contribution in [3.05, 3.63) is 59.3 Å². The molecule has 1 aromatic heterocycles. The van der Waals surface area contributed by atoms with Crippen LogP contribution in [0.15, 0.2) is 42.5 Å². The van der Waals surface area contributed by atoms with Gasteiger partial charge in [0.2, 0.25) is 0 Å². The second kappa shape index (κ2) is 6.81. The summed E-state index contributed by atoms with van der Waals surface area (Å²) in [5.74, 6) is 0.115. The van der Waals surface area contributed by atoms with Gasteiger partial charge in [-0.2, -0.15) is 0 Å². The number of aromatic nitrogens is 1. The Bertz CT molecular complexity index is 951. The Kier molecular flexibility index (Phi) is 4.57. The van der Waals surface area contributed by atoms with Crippen molar-refractivity contribution in [3.8, 4) is 5.75 Å². The fourth-order valence-corrected chi connectivity index (χ4v) is 2.72. The molecular formula is C20H20N2O3. The molecule has 0 fully saturated rings. The number of pyridine rings is 1. The van der Waals surface area contributed by atoms with E-state index in [1.807, 2.05) is 32.0 Å². The number of ether oxygens (including phenoxy) is 2. The van der Waals surface area contributed by atoms with Crippen LogP contribution in [-0.2, 0) is 4.74 Å². The Hall–Kier alpha value is -3.08. The van der Waals surface area contributed by atoms with Gasteiger partial charge >= 0.3 is 5.97 Å². The second-order valence-electron chi connectivity index (χ2n) is 5.85. The number of fused-ring (bicyclic) bond motifs is 1. The predicted octanol–water partition coefficient (Wildman–Crippen LogP) is 4.39. The van der Waals surface area contributed by atoms with Gasteiger partial charge in [0, 0.05) is 11.1 Å². The minimum atomic E-state index is -0.489. The molecular weight excluding hydrogens is 316 g/mol. The van der Waals surface area contributed by atoms with E-state index in [-0.39, 0.29) is 5.69 Å². The number of esters is 1. The zero-order chi connectivity index (χ0) is 18.0. The van der Waals surface area contributed by atoms with E-state index in [1.165, 1.54) is 7.11 Å². The summed E-state index contributed by atoms with van der Waals surface area (Å²) in [4.78, 5) is 16.4. The number of hydrogen-bond donors (Lipinski definition) is 1. The summed E-state index contributed by atoms with van der Waals surface area (Å²) < 4.78 is 10.2. The summed E-state index contributed by atoms with van der Waals surface area (Å²) in [7, 11) is 2.92. The molecule has 3 rings (SSSR count). The number of carbonyl (C=O) groups excluding carboxylic acids is 1. The van der Waals surface area contributed by atoms with Crippen molar-refractivity contribution in [2.24, 2.45) is 0 Å². The molecule has 0 unspecified atom stereocenters. The lowest BCUT2D eigenvalue weighted by Crippen LogP contribution is -2.06. The quantitative estimate of drug-likeness (QED) is 0.716. The third-order valence-corrected chi connectivity index (χ3v) is 4.08. The summed E-state index contributed by atoms with van der Waals surface area (Å²) in [6.45, 7) is 4.07. The predicted molar refractivity (Wildman–Crippen MR) is 98.8 cm³/mol. The van der Waals surface area contributed by atoms with E-state index in [0.717, 1.165) is 27.9 Å². The van der Waals surface area contributed by atoms with Gasteiger partial charge in [-0.15, -0.1) is 0 Å². The van der Waals surface area contributed by atoms with Gasteiger partial charge in [0.15, 0.2) is 5.69 Å². The molecule has 5 heteroatoms. The van der Waals surface area contributed by atoms with Crippen molar-refractivity contribution in [2.75, 3.05) is 19.5 Å². The van der Waals surface area contributed by atoms with Crippen LogP contribution in [0, 0.1) is 13.8 Å². The molecule has 0 saturated carbocycles. The first-order chi connectivity index (χ1) is 12.0. The molecule has 0 radical (unpaired) electrons. The number of nitrogens with one attached hydrogen (secondary N) is 1. The Morgan fingerprint density at radius 3 is 2.56 bits per heavy atom. The maximum atomic E-state index is 12.0. The fraction of sp³-hybridized carbons (Fsp3) is 0.200. The summed E-state index contributed by atoms with van der Waals surface area (Å²) in [6.07, 6.45) is 0. The molecule has 0 atom stereocenters. The Morgan fingerprint density at radius 1 is 1.04 bits per heavy atom. The van der Waals surface area contributed by atoms with Crippen LogP contribution in [0.25, 0.3) is 10.9 Å². The summed E-state index contributed by atoms with van der Waals surface area (Å²) in [5.41, 5.74) is 4.85. The summed E-state index contributed by atoms with van der Waals surface area (Å²) in [5, 5.41) is 4.29. The lowest BCUT2D eigenvalue weighted by atomic mass is 10.1. The van der Waals surface area contributed by atoms with Crippen molar-refractivity contribution in [1.29, 1.82) is 0 Å². The molecule has 5 nitrogen and oxygen atoms in total. The van der Waals surface area contributed by atoms with E-state index in [9.17, 15) is 4.79 Å². The Balaban J connectivity index is 2.21. The zero-order valence-corrected chi connectivity index (χ0v) is 14.7. The first-order valence-corrected chi connectivity index (χ1v) is 7.94. The standard InChI is InChI=1S/C20H20N2O3/c1-12-8-9-13(2)15(10-12)21-16-11-17(20(23)25-4)22-19-14(16)6-5-7-18(19)24-3/h5-11H,1-4H3,(H,21,22). The van der Waals surface area contributed by atoms with E-state index in [4.69, 9.17) is 9.47 Å². The molecule has 3 aromatic rings. The topological polar surface area (TPSA) is 60.5 Å². The first-order valence-electron chi connectivity index (χ1n) is 7.94. The SMILES string of the molecule is COC(=O)c1cc(Nc2cc(C)ccc2C)c2cccc(OC)c2n1. The van der Waals surface area contributed by atoms with E-state index >= 15 is 0 Å². The second-order valence-corrected chi connectivity index (χ2v) is 5.85. The van der Waals surface area contributed by atoms with E-state index in [2.05, 4.69) is 28.5 Å². The van der Waals surface area contributed by atoms with Gasteiger partial charge in [-0.1, -0.05) is 24.3 Å². The normalized spacial score (nSPS) is 10.6. The Morgan fingerprint density at radius 2 is 1.84 bits per heavy atom. The minimum Gasteiger partial charge on any atom is -0.494 e. The fourth-order valence-electron chi connectivity index (χ4n) is 2.72. The zero-order valence-electron chi connectivity index (χ0n) is 14.7. The average Bonchev–Trinajstić information content (AvgIpc) is 2.63. The molecule has 0 amide bonds. The van der Waals surface area contributed by atoms with Crippen LogP contribution in [0.3, 0.4) is 0 Å². The van der Waals surface area contributed by atoms with Crippen LogP contribution in [0.1, 0.15) is 21.6 Å². The minimum absolute atomic E-state index is 0.229. The number of nitrogens with zero attached hydrogens (tertiary/aromatic N) is 1. The maximum absolute atomic E-state index is 12.0. The number of rotatable bonds is 4. The van der Waals surface area contributed by atoms with Gasteiger partial charge in [0.25, 0.3) is 0 Å².